The lowest BCUT2D eigenvalue weighted by Gasteiger charge is -2.41. The highest BCUT2D eigenvalue weighted by Crippen LogP contribution is 2.27. The van der Waals surface area contributed by atoms with Gasteiger partial charge in [0.2, 0.25) is 5.95 Å². The number of aliphatic carboxylic acids is 1. The summed E-state index contributed by atoms with van der Waals surface area (Å²) in [6.45, 7) is 3.12. The van der Waals surface area contributed by atoms with Crippen molar-refractivity contribution in [2.45, 2.75) is 44.4 Å². The zero-order chi connectivity index (χ0) is 23.9. The summed E-state index contributed by atoms with van der Waals surface area (Å²) in [5.74, 6) is 0.138. The van der Waals surface area contributed by atoms with Crippen LogP contribution in [0, 0.1) is 0 Å². The van der Waals surface area contributed by atoms with Crippen molar-refractivity contribution in [3.05, 3.63) is 36.8 Å². The van der Waals surface area contributed by atoms with E-state index < -0.39 is 5.97 Å². The number of nitrogens with zero attached hydrogens (tertiary/aromatic N) is 8. The summed E-state index contributed by atoms with van der Waals surface area (Å²) < 4.78 is 3.30. The van der Waals surface area contributed by atoms with Crippen molar-refractivity contribution in [2.75, 3.05) is 31.1 Å². The number of aliphatic hydroxyl groups excluding tert-OH is 1. The number of aliphatic hydroxyl groups is 1. The molecule has 0 bridgehead atoms. The summed E-state index contributed by atoms with van der Waals surface area (Å²) in [5, 5.41) is 24.8. The van der Waals surface area contributed by atoms with Crippen molar-refractivity contribution >= 4 is 34.0 Å². The summed E-state index contributed by atoms with van der Waals surface area (Å²) in [4.78, 5) is 30.2. The second kappa shape index (κ2) is 8.90. The molecule has 11 heteroatoms. The molecular formula is C24H28N8O3. The number of hydrogen-bond acceptors (Lipinski definition) is 8. The first-order chi connectivity index (χ1) is 17.1. The Morgan fingerprint density at radius 1 is 1.03 bits per heavy atom. The molecule has 0 atom stereocenters. The van der Waals surface area contributed by atoms with Crippen molar-refractivity contribution in [1.82, 2.24) is 34.2 Å². The Balaban J connectivity index is 1.35. The summed E-state index contributed by atoms with van der Waals surface area (Å²) >= 11 is 0. The van der Waals surface area contributed by atoms with Gasteiger partial charge in [0.15, 0.2) is 17.0 Å². The third kappa shape index (κ3) is 4.10. The maximum absolute atomic E-state index is 11.5. The Morgan fingerprint density at radius 3 is 2.57 bits per heavy atom. The van der Waals surface area contributed by atoms with Crippen molar-refractivity contribution in [2.24, 2.45) is 0 Å². The fourth-order valence-corrected chi connectivity index (χ4v) is 5.32. The first-order valence-corrected chi connectivity index (χ1v) is 12.1. The largest absolute Gasteiger partial charge is 0.480 e. The summed E-state index contributed by atoms with van der Waals surface area (Å²) in [6.07, 6.45) is 6.96. The third-order valence-corrected chi connectivity index (χ3v) is 7.20. The number of carboxylic acids is 1. The van der Waals surface area contributed by atoms with Crippen LogP contribution in [0.15, 0.2) is 36.8 Å². The van der Waals surface area contributed by atoms with E-state index in [1.807, 2.05) is 24.3 Å². The Morgan fingerprint density at radius 2 is 1.80 bits per heavy atom. The molecule has 4 aromatic rings. The SMILES string of the molecule is O=C(O)Cn1cnc2c(-n3ncc4ccccc43)nc(N3CCN(C4CCC(O)CC4)CC3)nc21. The molecule has 1 saturated heterocycles. The van der Waals surface area contributed by atoms with E-state index in [9.17, 15) is 15.0 Å². The van der Waals surface area contributed by atoms with Gasteiger partial charge in [-0.05, 0) is 31.7 Å². The molecule has 0 radical (unpaired) electrons. The smallest absolute Gasteiger partial charge is 0.323 e. The average Bonchev–Trinajstić information content (AvgIpc) is 3.48. The second-order valence-corrected chi connectivity index (χ2v) is 9.39. The Bertz CT molecular complexity index is 1370. The molecule has 4 heterocycles. The topological polar surface area (TPSA) is 125 Å². The van der Waals surface area contributed by atoms with Gasteiger partial charge in [0, 0.05) is 37.6 Å². The Labute approximate surface area is 201 Å². The Hall–Kier alpha value is -3.57. The van der Waals surface area contributed by atoms with Crippen LogP contribution < -0.4 is 4.90 Å². The first kappa shape index (κ1) is 21.9. The predicted molar refractivity (Wildman–Crippen MR) is 130 cm³/mol. The summed E-state index contributed by atoms with van der Waals surface area (Å²) in [5.41, 5.74) is 1.90. The van der Waals surface area contributed by atoms with Crippen molar-refractivity contribution < 1.29 is 15.0 Å². The molecule has 1 saturated carbocycles. The molecule has 182 valence electrons. The van der Waals surface area contributed by atoms with Gasteiger partial charge in [-0.1, -0.05) is 18.2 Å². The van der Waals surface area contributed by atoms with Crippen LogP contribution in [-0.4, -0.2) is 88.7 Å². The molecule has 35 heavy (non-hydrogen) atoms. The monoisotopic (exact) mass is 476 g/mol. The van der Waals surface area contributed by atoms with Crippen LogP contribution in [0.5, 0.6) is 0 Å². The van der Waals surface area contributed by atoms with E-state index in [2.05, 4.69) is 19.9 Å². The number of anilines is 1. The van der Waals surface area contributed by atoms with Gasteiger partial charge in [0.05, 0.1) is 24.1 Å². The number of rotatable bonds is 5. The van der Waals surface area contributed by atoms with Crippen LogP contribution in [0.2, 0.25) is 0 Å². The minimum Gasteiger partial charge on any atom is -0.480 e. The molecule has 2 N–H and O–H groups in total. The van der Waals surface area contributed by atoms with Gasteiger partial charge >= 0.3 is 5.97 Å². The first-order valence-electron chi connectivity index (χ1n) is 12.1. The number of fused-ring (bicyclic) bond motifs is 2. The van der Waals surface area contributed by atoms with E-state index in [0.29, 0.717) is 29.0 Å². The van der Waals surface area contributed by atoms with Crippen LogP contribution in [0.4, 0.5) is 5.95 Å². The highest BCUT2D eigenvalue weighted by Gasteiger charge is 2.29. The lowest BCUT2D eigenvalue weighted by atomic mass is 9.91. The van der Waals surface area contributed by atoms with Crippen LogP contribution in [0.25, 0.3) is 27.9 Å². The predicted octanol–water partition coefficient (Wildman–Crippen LogP) is 1.68. The molecule has 0 amide bonds. The molecule has 1 aliphatic heterocycles. The standard InChI is InChI=1S/C24H28N8O3/c33-18-7-5-17(6-8-18)29-9-11-30(12-10-29)24-27-22-21(25-15-31(22)14-20(34)35)23(28-24)32-19-4-2-1-3-16(19)13-26-32/h1-4,13,15,17-18,33H,5-12,14H2,(H,34,35). The number of para-hydroxylation sites is 1. The summed E-state index contributed by atoms with van der Waals surface area (Å²) in [6, 6.07) is 8.40. The number of aromatic nitrogens is 6. The molecular weight excluding hydrogens is 448 g/mol. The van der Waals surface area contributed by atoms with Crippen molar-refractivity contribution in [3.63, 3.8) is 0 Å². The van der Waals surface area contributed by atoms with Gasteiger partial charge in [0.1, 0.15) is 6.54 Å². The number of carbonyl (C=O) groups is 1. The van der Waals surface area contributed by atoms with Crippen LogP contribution in [-0.2, 0) is 11.3 Å². The molecule has 1 aromatic carbocycles. The van der Waals surface area contributed by atoms with Crippen LogP contribution in [0.1, 0.15) is 25.7 Å². The molecule has 1 aliphatic carbocycles. The van der Waals surface area contributed by atoms with E-state index in [4.69, 9.17) is 9.97 Å². The maximum atomic E-state index is 11.5. The Kier molecular flexibility index (Phi) is 5.57. The number of piperazine rings is 1. The number of benzene rings is 1. The van der Waals surface area contributed by atoms with Gasteiger partial charge in [-0.15, -0.1) is 0 Å². The molecule has 0 unspecified atom stereocenters. The maximum Gasteiger partial charge on any atom is 0.323 e. The summed E-state index contributed by atoms with van der Waals surface area (Å²) in [7, 11) is 0. The van der Waals surface area contributed by atoms with E-state index in [1.54, 1.807) is 15.4 Å². The minimum absolute atomic E-state index is 0.153. The highest BCUT2D eigenvalue weighted by atomic mass is 16.4. The van der Waals surface area contributed by atoms with E-state index in [0.717, 1.165) is 62.8 Å². The minimum atomic E-state index is -0.957. The zero-order valence-corrected chi connectivity index (χ0v) is 19.4. The van der Waals surface area contributed by atoms with E-state index in [-0.39, 0.29) is 12.6 Å². The third-order valence-electron chi connectivity index (χ3n) is 7.20. The highest BCUT2D eigenvalue weighted by molar-refractivity contribution is 5.86. The number of imidazole rings is 1. The average molecular weight is 477 g/mol. The van der Waals surface area contributed by atoms with Crippen LogP contribution >= 0.6 is 0 Å². The molecule has 2 aliphatic rings. The normalized spacial score (nSPS) is 21.7. The molecule has 6 rings (SSSR count). The fourth-order valence-electron chi connectivity index (χ4n) is 5.32. The lowest BCUT2D eigenvalue weighted by Crippen LogP contribution is -2.51. The quantitative estimate of drug-likeness (QED) is 0.442. The van der Waals surface area contributed by atoms with E-state index in [1.165, 1.54) is 6.33 Å². The number of carboxylic acid groups (broad SMARTS) is 1. The van der Waals surface area contributed by atoms with Crippen LogP contribution in [0.3, 0.4) is 0 Å². The van der Waals surface area contributed by atoms with E-state index >= 15 is 0 Å². The van der Waals surface area contributed by atoms with Gasteiger partial charge in [-0.3, -0.25) is 9.69 Å². The number of hydrogen-bond donors (Lipinski definition) is 2. The van der Waals surface area contributed by atoms with Crippen molar-refractivity contribution in [1.29, 1.82) is 0 Å². The fraction of sp³-hybridized carbons (Fsp3) is 0.458. The molecule has 0 spiro atoms. The van der Waals surface area contributed by atoms with Crippen molar-refractivity contribution in [3.8, 4) is 5.82 Å². The molecule has 3 aromatic heterocycles. The van der Waals surface area contributed by atoms with Gasteiger partial charge < -0.3 is 19.7 Å². The lowest BCUT2D eigenvalue weighted by molar-refractivity contribution is -0.137. The second-order valence-electron chi connectivity index (χ2n) is 9.39. The zero-order valence-electron chi connectivity index (χ0n) is 19.4. The van der Waals surface area contributed by atoms with Gasteiger partial charge in [-0.2, -0.15) is 15.1 Å². The molecule has 11 nitrogen and oxygen atoms in total. The van der Waals surface area contributed by atoms with Gasteiger partial charge in [-0.25, -0.2) is 9.67 Å². The van der Waals surface area contributed by atoms with Gasteiger partial charge in [0.25, 0.3) is 0 Å². The molecule has 2 fully saturated rings.